The van der Waals surface area contributed by atoms with Gasteiger partial charge in [-0.15, -0.1) is 0 Å². The molecule has 98 valence electrons. The molecule has 0 aliphatic carbocycles. The Bertz CT molecular complexity index is 424. The van der Waals surface area contributed by atoms with Gasteiger partial charge in [-0.25, -0.2) is 0 Å². The van der Waals surface area contributed by atoms with Crippen LogP contribution in [0.25, 0.3) is 0 Å². The summed E-state index contributed by atoms with van der Waals surface area (Å²) in [6.45, 7) is 3.65. The molecule has 5 heteroatoms. The molecule has 1 fully saturated rings. The van der Waals surface area contributed by atoms with Crippen molar-refractivity contribution in [1.82, 2.24) is 15.5 Å². The van der Waals surface area contributed by atoms with Gasteiger partial charge in [0, 0.05) is 42.3 Å². The lowest BCUT2D eigenvalue weighted by Gasteiger charge is -2.33. The van der Waals surface area contributed by atoms with Crippen molar-refractivity contribution in [2.75, 3.05) is 33.2 Å². The average molecular weight is 312 g/mol. The van der Waals surface area contributed by atoms with Crippen LogP contribution in [-0.2, 0) is 0 Å². The van der Waals surface area contributed by atoms with E-state index in [4.69, 9.17) is 0 Å². The van der Waals surface area contributed by atoms with Crippen LogP contribution >= 0.6 is 15.9 Å². The van der Waals surface area contributed by atoms with Crippen molar-refractivity contribution >= 4 is 21.8 Å². The number of hydrogen-bond acceptors (Lipinski definition) is 3. The van der Waals surface area contributed by atoms with Crippen molar-refractivity contribution in [2.45, 2.75) is 6.04 Å². The van der Waals surface area contributed by atoms with Gasteiger partial charge in [0.1, 0.15) is 0 Å². The molecule has 0 spiro atoms. The molecule has 1 saturated heterocycles. The molecule has 1 amide bonds. The summed E-state index contributed by atoms with van der Waals surface area (Å²) < 4.78 is 0.923. The molecule has 18 heavy (non-hydrogen) atoms. The van der Waals surface area contributed by atoms with Crippen molar-refractivity contribution in [3.05, 3.63) is 34.3 Å². The van der Waals surface area contributed by atoms with E-state index in [0.29, 0.717) is 18.2 Å². The number of benzene rings is 1. The Morgan fingerprint density at radius 2 is 2.44 bits per heavy atom. The lowest BCUT2D eigenvalue weighted by atomic mass is 10.2. The summed E-state index contributed by atoms with van der Waals surface area (Å²) in [6.07, 6.45) is 0. The third-order valence-electron chi connectivity index (χ3n) is 3.23. The Labute approximate surface area is 116 Å². The van der Waals surface area contributed by atoms with Crippen molar-refractivity contribution in [3.8, 4) is 0 Å². The maximum Gasteiger partial charge on any atom is 0.251 e. The smallest absolute Gasteiger partial charge is 0.251 e. The fraction of sp³-hybridized carbons (Fsp3) is 0.462. The topological polar surface area (TPSA) is 44.4 Å². The molecule has 1 aromatic rings. The Hall–Kier alpha value is -0.910. The zero-order valence-electron chi connectivity index (χ0n) is 10.4. The van der Waals surface area contributed by atoms with Crippen LogP contribution in [0.1, 0.15) is 10.4 Å². The highest BCUT2D eigenvalue weighted by Crippen LogP contribution is 2.11. The number of rotatable bonds is 3. The highest BCUT2D eigenvalue weighted by Gasteiger charge is 2.19. The molecular weight excluding hydrogens is 294 g/mol. The summed E-state index contributed by atoms with van der Waals surface area (Å²) in [5.41, 5.74) is 0.691. The minimum Gasteiger partial charge on any atom is -0.350 e. The van der Waals surface area contributed by atoms with E-state index in [-0.39, 0.29) is 5.91 Å². The minimum atomic E-state index is -0.0183. The van der Waals surface area contributed by atoms with Crippen molar-refractivity contribution in [3.63, 3.8) is 0 Å². The number of nitrogens with one attached hydrogen (secondary N) is 2. The second-order valence-electron chi connectivity index (χ2n) is 4.56. The van der Waals surface area contributed by atoms with Crippen molar-refractivity contribution in [2.24, 2.45) is 0 Å². The van der Waals surface area contributed by atoms with Gasteiger partial charge in [-0.05, 0) is 25.2 Å². The summed E-state index contributed by atoms with van der Waals surface area (Å²) in [7, 11) is 2.09. The number of likely N-dealkylation sites (N-methyl/N-ethyl adjacent to an activating group) is 1. The third kappa shape index (κ3) is 3.54. The molecule has 2 rings (SSSR count). The maximum atomic E-state index is 12.0. The predicted molar refractivity (Wildman–Crippen MR) is 75.8 cm³/mol. The van der Waals surface area contributed by atoms with E-state index < -0.39 is 0 Å². The summed E-state index contributed by atoms with van der Waals surface area (Å²) >= 11 is 3.37. The number of nitrogens with zero attached hydrogens (tertiary/aromatic N) is 1. The molecule has 2 N–H and O–H groups in total. The fourth-order valence-corrected chi connectivity index (χ4v) is 2.43. The lowest BCUT2D eigenvalue weighted by molar-refractivity contribution is 0.0932. The van der Waals surface area contributed by atoms with Gasteiger partial charge in [-0.1, -0.05) is 22.0 Å². The molecule has 1 aliphatic rings. The Kier molecular flexibility index (Phi) is 4.74. The number of halogens is 1. The molecular formula is C13H18BrN3O. The van der Waals surface area contributed by atoms with E-state index >= 15 is 0 Å². The van der Waals surface area contributed by atoms with Crippen LogP contribution in [0, 0.1) is 0 Å². The first-order valence-corrected chi connectivity index (χ1v) is 6.91. The first-order valence-electron chi connectivity index (χ1n) is 6.11. The molecule has 1 aliphatic heterocycles. The zero-order chi connectivity index (χ0) is 13.0. The van der Waals surface area contributed by atoms with E-state index in [1.54, 1.807) is 0 Å². The lowest BCUT2D eigenvalue weighted by Crippen LogP contribution is -2.53. The van der Waals surface area contributed by atoms with E-state index in [2.05, 4.69) is 38.5 Å². The van der Waals surface area contributed by atoms with Crippen LogP contribution < -0.4 is 10.6 Å². The average Bonchev–Trinajstić information content (AvgIpc) is 2.37. The first kappa shape index (κ1) is 13.5. The standard InChI is InChI=1S/C13H18BrN3O/c1-17-6-5-15-8-12(17)9-16-13(18)10-3-2-4-11(14)7-10/h2-4,7,12,15H,5-6,8-9H2,1H3,(H,16,18). The predicted octanol–water partition coefficient (Wildman–Crippen LogP) is 1.08. The van der Waals surface area contributed by atoms with Gasteiger partial charge in [0.05, 0.1) is 0 Å². The minimum absolute atomic E-state index is 0.0183. The van der Waals surface area contributed by atoms with Crippen molar-refractivity contribution < 1.29 is 4.79 Å². The summed E-state index contributed by atoms with van der Waals surface area (Å²) in [6, 6.07) is 7.80. The van der Waals surface area contributed by atoms with Gasteiger partial charge in [-0.2, -0.15) is 0 Å². The third-order valence-corrected chi connectivity index (χ3v) is 3.72. The van der Waals surface area contributed by atoms with Crippen LogP contribution in [0.15, 0.2) is 28.7 Å². The molecule has 0 radical (unpaired) electrons. The molecule has 1 atom stereocenters. The van der Waals surface area contributed by atoms with Gasteiger partial charge >= 0.3 is 0 Å². The SMILES string of the molecule is CN1CCNCC1CNC(=O)c1cccc(Br)c1. The van der Waals surface area contributed by atoms with Gasteiger partial charge in [0.15, 0.2) is 0 Å². The molecule has 0 bridgehead atoms. The van der Waals surface area contributed by atoms with E-state index in [0.717, 1.165) is 24.1 Å². The molecule has 0 aromatic heterocycles. The number of carbonyl (C=O) groups excluding carboxylic acids is 1. The number of hydrogen-bond donors (Lipinski definition) is 2. The van der Waals surface area contributed by atoms with Crippen LogP contribution in [0.5, 0.6) is 0 Å². The van der Waals surface area contributed by atoms with E-state index in [1.807, 2.05) is 24.3 Å². The Morgan fingerprint density at radius 1 is 1.61 bits per heavy atom. The second-order valence-corrected chi connectivity index (χ2v) is 5.47. The normalized spacial score (nSPS) is 20.7. The first-order chi connectivity index (χ1) is 8.66. The highest BCUT2D eigenvalue weighted by atomic mass is 79.9. The number of carbonyl (C=O) groups is 1. The number of amides is 1. The Balaban J connectivity index is 1.88. The Morgan fingerprint density at radius 3 is 3.17 bits per heavy atom. The van der Waals surface area contributed by atoms with Crippen molar-refractivity contribution in [1.29, 1.82) is 0 Å². The molecule has 4 nitrogen and oxygen atoms in total. The fourth-order valence-electron chi connectivity index (χ4n) is 2.03. The van der Waals surface area contributed by atoms with Crippen LogP contribution in [0.4, 0.5) is 0 Å². The van der Waals surface area contributed by atoms with Gasteiger partial charge in [-0.3, -0.25) is 9.69 Å². The van der Waals surface area contributed by atoms with Crippen LogP contribution in [-0.4, -0.2) is 50.1 Å². The zero-order valence-corrected chi connectivity index (χ0v) is 12.0. The van der Waals surface area contributed by atoms with Gasteiger partial charge in [0.2, 0.25) is 0 Å². The maximum absolute atomic E-state index is 12.0. The largest absolute Gasteiger partial charge is 0.350 e. The van der Waals surface area contributed by atoms with Crippen LogP contribution in [0.3, 0.4) is 0 Å². The summed E-state index contributed by atoms with van der Waals surface area (Å²) in [5, 5.41) is 6.32. The van der Waals surface area contributed by atoms with E-state index in [1.165, 1.54) is 0 Å². The highest BCUT2D eigenvalue weighted by molar-refractivity contribution is 9.10. The summed E-state index contributed by atoms with van der Waals surface area (Å²) in [5.74, 6) is -0.0183. The van der Waals surface area contributed by atoms with Crippen LogP contribution in [0.2, 0.25) is 0 Å². The molecule has 1 unspecified atom stereocenters. The summed E-state index contributed by atoms with van der Waals surface area (Å²) in [4.78, 5) is 14.3. The molecule has 1 aromatic carbocycles. The molecule has 1 heterocycles. The van der Waals surface area contributed by atoms with Gasteiger partial charge in [0.25, 0.3) is 5.91 Å². The molecule has 0 saturated carbocycles. The quantitative estimate of drug-likeness (QED) is 0.878. The monoisotopic (exact) mass is 311 g/mol. The second kappa shape index (κ2) is 6.31. The number of piperazine rings is 1. The van der Waals surface area contributed by atoms with Gasteiger partial charge < -0.3 is 10.6 Å². The van der Waals surface area contributed by atoms with E-state index in [9.17, 15) is 4.79 Å².